The zero-order valence-corrected chi connectivity index (χ0v) is 23.0. The molecular weight excluding hydrogens is 514 g/mol. The maximum atomic E-state index is 12.2. The van der Waals surface area contributed by atoms with Gasteiger partial charge in [0.15, 0.2) is 0 Å². The normalized spacial score (nSPS) is 20.9. The van der Waals surface area contributed by atoms with Gasteiger partial charge in [0.25, 0.3) is 0 Å². The van der Waals surface area contributed by atoms with E-state index in [-0.39, 0.29) is 18.0 Å². The number of benzene rings is 2. The minimum Gasteiger partial charge on any atom is -0.508 e. The Labute approximate surface area is 234 Å². The predicted molar refractivity (Wildman–Crippen MR) is 152 cm³/mol. The van der Waals surface area contributed by atoms with Crippen molar-refractivity contribution in [2.75, 3.05) is 37.6 Å². The molecule has 206 valence electrons. The van der Waals surface area contributed by atoms with Crippen LogP contribution in [-0.2, 0) is 11.2 Å². The molecule has 0 bridgehead atoms. The monoisotopic (exact) mass is 549 g/mol. The zero-order valence-electron chi connectivity index (χ0n) is 22.2. The van der Waals surface area contributed by atoms with Crippen LogP contribution < -0.4 is 10.2 Å². The number of hydrogen-bond donors (Lipinski definition) is 3. The number of halogens is 1. The number of para-hydroxylation sites is 1. The minimum atomic E-state index is -0.524. The second-order valence-corrected chi connectivity index (χ2v) is 11.0. The summed E-state index contributed by atoms with van der Waals surface area (Å²) in [6.07, 6.45) is 4.02. The topological polar surface area (TPSA) is 102 Å². The third-order valence-electron chi connectivity index (χ3n) is 8.04. The fourth-order valence-electron chi connectivity index (χ4n) is 5.88. The van der Waals surface area contributed by atoms with Crippen molar-refractivity contribution in [3.05, 3.63) is 82.3 Å². The number of carbonyl (C=O) groups is 1. The molecule has 1 saturated heterocycles. The number of aromatic hydroxyl groups is 1. The summed E-state index contributed by atoms with van der Waals surface area (Å²) in [5.74, 6) is 1.18. The van der Waals surface area contributed by atoms with Crippen LogP contribution in [0.2, 0.25) is 5.02 Å². The number of nitrogens with one attached hydrogen (secondary N) is 1. The van der Waals surface area contributed by atoms with E-state index in [1.807, 2.05) is 42.5 Å². The second kappa shape index (κ2) is 12.4. The van der Waals surface area contributed by atoms with Crippen LogP contribution >= 0.6 is 11.6 Å². The second-order valence-electron chi connectivity index (χ2n) is 10.6. The Morgan fingerprint density at radius 2 is 1.85 bits per heavy atom. The van der Waals surface area contributed by atoms with Crippen molar-refractivity contribution in [3.63, 3.8) is 0 Å². The summed E-state index contributed by atoms with van der Waals surface area (Å²) in [4.78, 5) is 25.9. The third-order valence-corrected chi connectivity index (χ3v) is 8.29. The van der Waals surface area contributed by atoms with Gasteiger partial charge < -0.3 is 25.2 Å². The number of anilines is 1. The molecule has 2 aliphatic rings. The van der Waals surface area contributed by atoms with Gasteiger partial charge in [-0.1, -0.05) is 48.9 Å². The number of fused-ring (bicyclic) bond motifs is 1. The van der Waals surface area contributed by atoms with E-state index in [2.05, 4.69) is 32.0 Å². The Morgan fingerprint density at radius 3 is 2.56 bits per heavy atom. The molecule has 2 heterocycles. The summed E-state index contributed by atoms with van der Waals surface area (Å²) in [5, 5.41) is 24.9. The van der Waals surface area contributed by atoms with Crippen molar-refractivity contribution in [3.8, 4) is 5.75 Å². The van der Waals surface area contributed by atoms with Crippen LogP contribution in [0.15, 0.2) is 54.9 Å². The van der Waals surface area contributed by atoms with Crippen molar-refractivity contribution in [2.24, 2.45) is 0 Å². The summed E-state index contributed by atoms with van der Waals surface area (Å²) in [5.41, 5.74) is 3.67. The van der Waals surface area contributed by atoms with Crippen LogP contribution in [0.3, 0.4) is 0 Å². The first-order valence-corrected chi connectivity index (χ1v) is 14.0. The van der Waals surface area contributed by atoms with Crippen molar-refractivity contribution >= 4 is 23.7 Å². The molecule has 1 aliphatic heterocycles. The molecule has 39 heavy (non-hydrogen) atoms. The number of phenols is 1. The zero-order chi connectivity index (χ0) is 27.4. The van der Waals surface area contributed by atoms with Gasteiger partial charge >= 0.3 is 0 Å². The van der Waals surface area contributed by atoms with E-state index in [4.69, 9.17) is 11.6 Å². The average molecular weight is 550 g/mol. The highest BCUT2D eigenvalue weighted by Crippen LogP contribution is 2.42. The van der Waals surface area contributed by atoms with Gasteiger partial charge in [-0.3, -0.25) is 4.90 Å². The molecule has 3 N–H and O–H groups in total. The van der Waals surface area contributed by atoms with Gasteiger partial charge in [0.05, 0.1) is 18.0 Å². The summed E-state index contributed by atoms with van der Waals surface area (Å²) in [6.45, 7) is 5.97. The molecule has 0 spiro atoms. The molecule has 8 nitrogen and oxygen atoms in total. The molecule has 3 aromatic rings. The van der Waals surface area contributed by atoms with Crippen LogP contribution in [0.1, 0.15) is 60.1 Å². The first kappa shape index (κ1) is 27.5. The van der Waals surface area contributed by atoms with Gasteiger partial charge in [-0.15, -0.1) is 0 Å². The molecular formula is C30H36ClN5O3. The molecule has 1 aromatic heterocycles. The molecule has 9 heteroatoms. The van der Waals surface area contributed by atoms with E-state index < -0.39 is 6.10 Å². The first-order chi connectivity index (χ1) is 18.9. The molecule has 1 fully saturated rings. The highest BCUT2D eigenvalue weighted by atomic mass is 35.5. The lowest BCUT2D eigenvalue weighted by Gasteiger charge is -2.41. The van der Waals surface area contributed by atoms with E-state index >= 15 is 0 Å². The van der Waals surface area contributed by atoms with Gasteiger partial charge in [0, 0.05) is 49.2 Å². The first-order valence-electron chi connectivity index (χ1n) is 13.7. The number of aliphatic hydroxyl groups excluding tert-OH is 1. The number of aromatic nitrogens is 2. The van der Waals surface area contributed by atoms with Crippen molar-refractivity contribution < 1.29 is 15.0 Å². The molecule has 1 unspecified atom stereocenters. The van der Waals surface area contributed by atoms with E-state index in [9.17, 15) is 15.0 Å². The molecule has 0 saturated carbocycles. The SMILES string of the molecule is C[C@@H]1C[C@@H](O)c2ncnc(N3CCN(C(C[C@@H](C=O)c4ccc(Cl)cc4)NCCc4ccccc4O)CC3)c21. The van der Waals surface area contributed by atoms with Crippen LogP contribution in [0.4, 0.5) is 5.82 Å². The molecule has 2 aromatic carbocycles. The fourth-order valence-corrected chi connectivity index (χ4v) is 6.00. The van der Waals surface area contributed by atoms with Crippen LogP contribution in [0.5, 0.6) is 5.75 Å². The number of aldehydes is 1. The molecule has 5 rings (SSSR count). The summed E-state index contributed by atoms with van der Waals surface area (Å²) < 4.78 is 0. The lowest BCUT2D eigenvalue weighted by atomic mass is 9.95. The van der Waals surface area contributed by atoms with Crippen molar-refractivity contribution in [1.29, 1.82) is 0 Å². The Morgan fingerprint density at radius 1 is 1.10 bits per heavy atom. The number of hydrogen-bond acceptors (Lipinski definition) is 8. The highest BCUT2D eigenvalue weighted by molar-refractivity contribution is 6.30. The number of phenolic OH excluding ortho intramolecular Hbond substituents is 1. The summed E-state index contributed by atoms with van der Waals surface area (Å²) in [6, 6.07) is 14.9. The lowest BCUT2D eigenvalue weighted by Crippen LogP contribution is -2.55. The maximum Gasteiger partial charge on any atom is 0.135 e. The number of aliphatic hydroxyl groups is 1. The van der Waals surface area contributed by atoms with E-state index in [0.717, 1.165) is 60.7 Å². The van der Waals surface area contributed by atoms with E-state index in [1.54, 1.807) is 12.4 Å². The van der Waals surface area contributed by atoms with Gasteiger partial charge in [-0.25, -0.2) is 9.97 Å². The number of piperazine rings is 1. The Balaban J connectivity index is 1.29. The third kappa shape index (κ3) is 6.25. The molecule has 1 aliphatic carbocycles. The maximum absolute atomic E-state index is 12.2. The summed E-state index contributed by atoms with van der Waals surface area (Å²) >= 11 is 6.09. The Hall–Kier alpha value is -3.04. The van der Waals surface area contributed by atoms with Crippen LogP contribution in [0, 0.1) is 0 Å². The number of rotatable bonds is 10. The van der Waals surface area contributed by atoms with Crippen molar-refractivity contribution in [2.45, 2.75) is 50.3 Å². The highest BCUT2D eigenvalue weighted by Gasteiger charge is 2.34. The molecule has 0 radical (unpaired) electrons. The Bertz CT molecular complexity index is 1270. The molecule has 0 amide bonds. The van der Waals surface area contributed by atoms with Gasteiger partial charge in [0.2, 0.25) is 0 Å². The van der Waals surface area contributed by atoms with Gasteiger partial charge in [-0.05, 0) is 54.5 Å². The number of carbonyl (C=O) groups excluding carboxylic acids is 1. The fraction of sp³-hybridized carbons (Fsp3) is 0.433. The quantitative estimate of drug-likeness (QED) is 0.326. The summed E-state index contributed by atoms with van der Waals surface area (Å²) in [7, 11) is 0. The largest absolute Gasteiger partial charge is 0.508 e. The van der Waals surface area contributed by atoms with Crippen LogP contribution in [-0.4, -0.2) is 70.3 Å². The lowest BCUT2D eigenvalue weighted by molar-refractivity contribution is -0.109. The minimum absolute atomic E-state index is 0.0271. The van der Waals surface area contributed by atoms with Gasteiger partial charge in [-0.2, -0.15) is 0 Å². The average Bonchev–Trinajstić information content (AvgIpc) is 3.25. The van der Waals surface area contributed by atoms with E-state index in [0.29, 0.717) is 36.6 Å². The van der Waals surface area contributed by atoms with Crippen LogP contribution in [0.25, 0.3) is 0 Å². The van der Waals surface area contributed by atoms with E-state index in [1.165, 1.54) is 0 Å². The van der Waals surface area contributed by atoms with Gasteiger partial charge in [0.1, 0.15) is 24.2 Å². The predicted octanol–water partition coefficient (Wildman–Crippen LogP) is 4.03. The number of nitrogens with zero attached hydrogens (tertiary/aromatic N) is 4. The smallest absolute Gasteiger partial charge is 0.135 e. The van der Waals surface area contributed by atoms with Crippen molar-refractivity contribution in [1.82, 2.24) is 20.2 Å². The Kier molecular flexibility index (Phi) is 8.77. The molecule has 4 atom stereocenters. The standard InChI is InChI=1S/C30H36ClN5O3/c1-20-16-26(39)29-28(20)30(34-19-33-29)36-14-12-35(13-15-36)27(32-11-10-22-4-2-3-5-25(22)38)17-23(18-37)21-6-8-24(31)9-7-21/h2-9,18-20,23,26-27,32,38-39H,10-17H2,1H3/t20-,23+,26-,27?/m1/s1.